The van der Waals surface area contributed by atoms with Gasteiger partial charge in [0.25, 0.3) is 0 Å². The highest BCUT2D eigenvalue weighted by Gasteiger charge is 2.71. The van der Waals surface area contributed by atoms with Crippen molar-refractivity contribution >= 4 is 5.97 Å². The number of hydrogen-bond donors (Lipinski definition) is 2. The highest BCUT2D eigenvalue weighted by atomic mass is 17.1. The Labute approximate surface area is 188 Å². The molecule has 31 heavy (non-hydrogen) atoms. The third-order valence-corrected chi connectivity index (χ3v) is 12.8. The maximum Gasteiger partial charge on any atom is 0.348 e. The first-order valence-corrected chi connectivity index (χ1v) is 13.0. The lowest BCUT2D eigenvalue weighted by molar-refractivity contribution is -0.267. The third-order valence-electron chi connectivity index (χ3n) is 12.8. The molecule has 5 aliphatic carbocycles. The van der Waals surface area contributed by atoms with Gasteiger partial charge in [-0.15, -0.1) is 0 Å². The van der Waals surface area contributed by atoms with E-state index in [9.17, 15) is 15.2 Å². The number of rotatable bonds is 1. The lowest BCUT2D eigenvalue weighted by Crippen LogP contribution is -2.66. The van der Waals surface area contributed by atoms with E-state index in [-0.39, 0.29) is 33.7 Å². The molecule has 8 unspecified atom stereocenters. The van der Waals surface area contributed by atoms with Crippen LogP contribution in [0.5, 0.6) is 0 Å². The van der Waals surface area contributed by atoms with Crippen LogP contribution in [0.1, 0.15) is 105 Å². The van der Waals surface area contributed by atoms with E-state index in [0.717, 1.165) is 44.9 Å². The predicted molar refractivity (Wildman–Crippen MR) is 120 cm³/mol. The van der Waals surface area contributed by atoms with Gasteiger partial charge in [-0.25, -0.2) is 4.79 Å². The van der Waals surface area contributed by atoms with Crippen LogP contribution >= 0.6 is 0 Å². The van der Waals surface area contributed by atoms with E-state index in [1.54, 1.807) is 0 Å². The summed E-state index contributed by atoms with van der Waals surface area (Å²) in [6.45, 7) is 12.3. The summed E-state index contributed by atoms with van der Waals surface area (Å²) in [5.41, 5.74) is 0.345. The fourth-order valence-electron chi connectivity index (χ4n) is 11.0. The Kier molecular flexibility index (Phi) is 4.81. The third kappa shape index (κ3) is 2.53. The fraction of sp³-hybridized carbons (Fsp3) is 0.963. The zero-order valence-electron chi connectivity index (χ0n) is 20.4. The highest BCUT2D eigenvalue weighted by molar-refractivity contribution is 5.77. The normalized spacial score (nSPS) is 55.4. The van der Waals surface area contributed by atoms with Gasteiger partial charge in [-0.1, -0.05) is 41.0 Å². The molecule has 4 nitrogen and oxygen atoms in total. The van der Waals surface area contributed by atoms with Crippen LogP contribution in [0.2, 0.25) is 0 Å². The summed E-state index contributed by atoms with van der Waals surface area (Å²) in [5.74, 6) is 1.82. The molecule has 0 aliphatic heterocycles. The van der Waals surface area contributed by atoms with Crippen molar-refractivity contribution in [3.8, 4) is 0 Å². The quantitative estimate of drug-likeness (QED) is 0.381. The zero-order chi connectivity index (χ0) is 22.4. The molecule has 0 radical (unpaired) electrons. The first kappa shape index (κ1) is 22.2. The molecule has 0 bridgehead atoms. The zero-order valence-corrected chi connectivity index (χ0v) is 20.4. The Balaban J connectivity index is 1.52. The van der Waals surface area contributed by atoms with Gasteiger partial charge in [0.05, 0.1) is 11.5 Å². The van der Waals surface area contributed by atoms with Gasteiger partial charge < -0.3 is 9.99 Å². The first-order valence-electron chi connectivity index (χ1n) is 13.0. The van der Waals surface area contributed by atoms with Gasteiger partial charge in [-0.2, -0.15) is 5.26 Å². The topological polar surface area (TPSA) is 66.8 Å². The van der Waals surface area contributed by atoms with Crippen molar-refractivity contribution in [2.24, 2.45) is 50.7 Å². The molecule has 4 heteroatoms. The Morgan fingerprint density at radius 2 is 1.52 bits per heavy atom. The van der Waals surface area contributed by atoms with Crippen LogP contribution in [0.4, 0.5) is 0 Å². The SMILES string of the molecule is CC1(C)C(O)CCC2(C)C1CCC1(C)C2CCC2C3CCCC3(C(=O)OO)CC[C@]21C. The maximum atomic E-state index is 12.8. The van der Waals surface area contributed by atoms with Crippen LogP contribution in [0.15, 0.2) is 0 Å². The molecule has 0 aromatic heterocycles. The van der Waals surface area contributed by atoms with Gasteiger partial charge in [-0.05, 0) is 110 Å². The molecule has 0 heterocycles. The van der Waals surface area contributed by atoms with Crippen molar-refractivity contribution in [3.05, 3.63) is 0 Å². The molecule has 5 aliphatic rings. The minimum atomic E-state index is -0.444. The van der Waals surface area contributed by atoms with Crippen molar-refractivity contribution in [2.75, 3.05) is 0 Å². The Bertz CT molecular complexity index is 762. The number of aliphatic hydroxyl groups is 1. The average Bonchev–Trinajstić information content (AvgIpc) is 3.16. The van der Waals surface area contributed by atoms with Crippen molar-refractivity contribution in [1.82, 2.24) is 0 Å². The molecule has 0 spiro atoms. The van der Waals surface area contributed by atoms with Crippen LogP contribution in [-0.2, 0) is 9.68 Å². The summed E-state index contributed by atoms with van der Waals surface area (Å²) in [6, 6.07) is 0. The van der Waals surface area contributed by atoms with E-state index in [1.165, 1.54) is 25.7 Å². The molecule has 5 saturated carbocycles. The smallest absolute Gasteiger partial charge is 0.348 e. The second-order valence-electron chi connectivity index (χ2n) is 13.6. The van der Waals surface area contributed by atoms with Gasteiger partial charge >= 0.3 is 5.97 Å². The van der Waals surface area contributed by atoms with E-state index in [1.807, 2.05) is 0 Å². The molecule has 9 atom stereocenters. The summed E-state index contributed by atoms with van der Waals surface area (Å²) >= 11 is 0. The first-order chi connectivity index (χ1) is 14.5. The second-order valence-corrected chi connectivity index (χ2v) is 13.6. The molecule has 0 aromatic carbocycles. The Hall–Kier alpha value is -0.610. The summed E-state index contributed by atoms with van der Waals surface area (Å²) < 4.78 is 0. The summed E-state index contributed by atoms with van der Waals surface area (Å²) in [6.07, 6.45) is 11.8. The van der Waals surface area contributed by atoms with Crippen LogP contribution in [-0.4, -0.2) is 22.4 Å². The molecule has 0 saturated heterocycles. The minimum absolute atomic E-state index is 0.00978. The fourth-order valence-corrected chi connectivity index (χ4v) is 11.0. The number of fused-ring (bicyclic) bond motifs is 7. The van der Waals surface area contributed by atoms with Crippen LogP contribution in [0.25, 0.3) is 0 Å². The number of carbonyl (C=O) groups excluding carboxylic acids is 1. The predicted octanol–water partition coefficient (Wildman–Crippen LogP) is 6.22. The summed E-state index contributed by atoms with van der Waals surface area (Å²) in [4.78, 5) is 17.2. The largest absolute Gasteiger partial charge is 0.393 e. The monoisotopic (exact) mass is 432 g/mol. The van der Waals surface area contributed by atoms with E-state index in [0.29, 0.717) is 23.7 Å². The highest BCUT2D eigenvalue weighted by Crippen LogP contribution is 2.76. The standard InChI is InChI=1S/C27H44O4/c1-23(2)19-10-14-26(5)20(24(19,3)13-11-21(23)28)9-8-17-18-7-6-12-27(18,22(29)31-30)16-15-25(17,26)4/h17-21,28,30H,6-16H2,1-5H3/t17?,18?,19?,20?,21?,24?,25-,26?,27?/m1/s1. The van der Waals surface area contributed by atoms with Gasteiger partial charge in [0.1, 0.15) is 0 Å². The molecule has 5 rings (SSSR count). The number of carbonyl (C=O) groups is 1. The van der Waals surface area contributed by atoms with Crippen molar-refractivity contribution in [1.29, 1.82) is 0 Å². The van der Waals surface area contributed by atoms with Crippen LogP contribution in [0, 0.1) is 50.7 Å². The molecule has 2 N–H and O–H groups in total. The van der Waals surface area contributed by atoms with Gasteiger partial charge in [0.15, 0.2) is 0 Å². The molecule has 176 valence electrons. The Morgan fingerprint density at radius 3 is 2.23 bits per heavy atom. The van der Waals surface area contributed by atoms with Gasteiger partial charge in [0.2, 0.25) is 0 Å². The molecule has 0 amide bonds. The van der Waals surface area contributed by atoms with Crippen molar-refractivity contribution < 1.29 is 20.0 Å². The van der Waals surface area contributed by atoms with Crippen molar-refractivity contribution in [3.63, 3.8) is 0 Å². The maximum absolute atomic E-state index is 12.8. The second kappa shape index (κ2) is 6.72. The average molecular weight is 433 g/mol. The molecular formula is C27H44O4. The molecule has 0 aromatic rings. The lowest BCUT2D eigenvalue weighted by Gasteiger charge is -2.72. The molecular weight excluding hydrogens is 388 g/mol. The van der Waals surface area contributed by atoms with E-state index in [2.05, 4.69) is 39.5 Å². The van der Waals surface area contributed by atoms with Gasteiger partial charge in [0, 0.05) is 0 Å². The van der Waals surface area contributed by atoms with E-state index in [4.69, 9.17) is 0 Å². The number of hydrogen-bond acceptors (Lipinski definition) is 4. The summed E-state index contributed by atoms with van der Waals surface area (Å²) in [7, 11) is 0. The van der Waals surface area contributed by atoms with Crippen molar-refractivity contribution in [2.45, 2.75) is 111 Å². The lowest BCUT2D eigenvalue weighted by atomic mass is 9.32. The van der Waals surface area contributed by atoms with Crippen LogP contribution in [0.3, 0.4) is 0 Å². The Morgan fingerprint density at radius 1 is 0.774 bits per heavy atom. The summed E-state index contributed by atoms with van der Waals surface area (Å²) in [5, 5.41) is 20.1. The minimum Gasteiger partial charge on any atom is -0.393 e. The van der Waals surface area contributed by atoms with E-state index < -0.39 is 5.41 Å². The number of aliphatic hydroxyl groups excluding tert-OH is 1. The van der Waals surface area contributed by atoms with E-state index >= 15 is 0 Å². The van der Waals surface area contributed by atoms with Crippen LogP contribution < -0.4 is 0 Å². The molecule has 5 fully saturated rings. The van der Waals surface area contributed by atoms with Gasteiger partial charge in [-0.3, -0.25) is 0 Å².